The Kier molecular flexibility index (Phi) is 6.79. The summed E-state index contributed by atoms with van der Waals surface area (Å²) in [6.07, 6.45) is 9.62. The minimum atomic E-state index is 0.651. The van der Waals surface area contributed by atoms with E-state index in [4.69, 9.17) is 4.74 Å². The lowest BCUT2D eigenvalue weighted by atomic mass is 9.81. The summed E-state index contributed by atoms with van der Waals surface area (Å²) in [6.45, 7) is 8.01. The first kappa shape index (κ1) is 16.3. The van der Waals surface area contributed by atoms with Gasteiger partial charge >= 0.3 is 0 Å². The van der Waals surface area contributed by atoms with E-state index in [1.54, 1.807) is 0 Å². The van der Waals surface area contributed by atoms with Crippen LogP contribution in [0.1, 0.15) is 58.8 Å². The number of ether oxygens (including phenoxy) is 1. The summed E-state index contributed by atoms with van der Waals surface area (Å²) in [5, 5.41) is 3.78. The predicted octanol–water partition coefficient (Wildman–Crippen LogP) is 3.04. The zero-order valence-corrected chi connectivity index (χ0v) is 13.7. The zero-order valence-electron chi connectivity index (χ0n) is 13.7. The number of methoxy groups -OCH3 is 1. The topological polar surface area (TPSA) is 24.5 Å². The fourth-order valence-corrected chi connectivity index (χ4v) is 4.05. The molecule has 1 saturated heterocycles. The molecule has 2 rings (SSSR count). The van der Waals surface area contributed by atoms with Gasteiger partial charge in [0.25, 0.3) is 0 Å². The highest BCUT2D eigenvalue weighted by molar-refractivity contribution is 4.92. The Morgan fingerprint density at radius 2 is 2.00 bits per heavy atom. The van der Waals surface area contributed by atoms with Crippen LogP contribution < -0.4 is 5.32 Å². The normalized spacial score (nSPS) is 31.4. The Balaban J connectivity index is 1.98. The molecule has 3 unspecified atom stereocenters. The summed E-state index contributed by atoms with van der Waals surface area (Å²) in [6, 6.07) is 2.09. The second-order valence-corrected chi connectivity index (χ2v) is 6.81. The summed E-state index contributed by atoms with van der Waals surface area (Å²) < 4.78 is 5.29. The second-order valence-electron chi connectivity index (χ2n) is 6.81. The largest absolute Gasteiger partial charge is 0.385 e. The quantitative estimate of drug-likeness (QED) is 0.810. The molecule has 118 valence electrons. The number of hydrogen-bond acceptors (Lipinski definition) is 3. The monoisotopic (exact) mass is 282 g/mol. The molecule has 1 saturated carbocycles. The molecule has 3 atom stereocenters. The van der Waals surface area contributed by atoms with Gasteiger partial charge in [-0.15, -0.1) is 0 Å². The Labute approximate surface area is 125 Å². The average molecular weight is 282 g/mol. The number of nitrogens with zero attached hydrogens (tertiary/aromatic N) is 1. The van der Waals surface area contributed by atoms with Crippen LogP contribution in [-0.2, 0) is 4.74 Å². The molecule has 2 fully saturated rings. The summed E-state index contributed by atoms with van der Waals surface area (Å²) in [5.74, 6) is 0.916. The van der Waals surface area contributed by atoms with E-state index in [0.29, 0.717) is 12.1 Å². The van der Waals surface area contributed by atoms with Crippen molar-refractivity contribution in [3.8, 4) is 0 Å². The van der Waals surface area contributed by atoms with Gasteiger partial charge in [0.05, 0.1) is 0 Å². The van der Waals surface area contributed by atoms with Crippen molar-refractivity contribution in [2.45, 2.75) is 76.9 Å². The molecule has 1 aliphatic carbocycles. The van der Waals surface area contributed by atoms with Gasteiger partial charge in [0, 0.05) is 44.9 Å². The molecule has 2 aliphatic rings. The first-order valence-electron chi connectivity index (χ1n) is 8.74. The van der Waals surface area contributed by atoms with Gasteiger partial charge in [0.1, 0.15) is 0 Å². The zero-order chi connectivity index (χ0) is 14.4. The van der Waals surface area contributed by atoms with Gasteiger partial charge in [0.2, 0.25) is 0 Å². The SMILES string of the molecule is CCC1CN(C(C)CCOC)C(C2CCCCC2)CN1. The van der Waals surface area contributed by atoms with Crippen molar-refractivity contribution in [2.24, 2.45) is 5.92 Å². The summed E-state index contributed by atoms with van der Waals surface area (Å²) in [5.41, 5.74) is 0. The van der Waals surface area contributed by atoms with Crippen LogP contribution in [0.5, 0.6) is 0 Å². The van der Waals surface area contributed by atoms with Crippen LogP contribution in [0, 0.1) is 5.92 Å². The second kappa shape index (κ2) is 8.35. The standard InChI is InChI=1S/C17H34N2O/c1-4-16-13-19(14(2)10-11-20-3)17(12-18-16)15-8-6-5-7-9-15/h14-18H,4-13H2,1-3H3. The van der Waals surface area contributed by atoms with Crippen molar-refractivity contribution in [1.82, 2.24) is 10.2 Å². The van der Waals surface area contributed by atoms with Crippen molar-refractivity contribution in [3.63, 3.8) is 0 Å². The Morgan fingerprint density at radius 1 is 1.25 bits per heavy atom. The minimum Gasteiger partial charge on any atom is -0.385 e. The smallest absolute Gasteiger partial charge is 0.0477 e. The van der Waals surface area contributed by atoms with Crippen LogP contribution >= 0.6 is 0 Å². The van der Waals surface area contributed by atoms with E-state index < -0.39 is 0 Å². The molecular formula is C17H34N2O. The minimum absolute atomic E-state index is 0.651. The van der Waals surface area contributed by atoms with Crippen molar-refractivity contribution < 1.29 is 4.74 Å². The molecule has 1 aliphatic heterocycles. The van der Waals surface area contributed by atoms with E-state index in [-0.39, 0.29) is 0 Å². The van der Waals surface area contributed by atoms with Gasteiger partial charge in [-0.25, -0.2) is 0 Å². The lowest BCUT2D eigenvalue weighted by Gasteiger charge is -2.47. The van der Waals surface area contributed by atoms with Crippen molar-refractivity contribution >= 4 is 0 Å². The van der Waals surface area contributed by atoms with Gasteiger partial charge < -0.3 is 10.1 Å². The van der Waals surface area contributed by atoms with Gasteiger partial charge in [0.15, 0.2) is 0 Å². The number of piperazine rings is 1. The van der Waals surface area contributed by atoms with E-state index in [0.717, 1.165) is 25.0 Å². The third-order valence-corrected chi connectivity index (χ3v) is 5.47. The molecule has 0 aromatic carbocycles. The maximum atomic E-state index is 5.29. The first-order valence-corrected chi connectivity index (χ1v) is 8.74. The van der Waals surface area contributed by atoms with Gasteiger partial charge in [-0.1, -0.05) is 26.2 Å². The Morgan fingerprint density at radius 3 is 2.65 bits per heavy atom. The number of nitrogens with one attached hydrogen (secondary N) is 1. The molecule has 3 heteroatoms. The van der Waals surface area contributed by atoms with Crippen LogP contribution in [0.2, 0.25) is 0 Å². The van der Waals surface area contributed by atoms with Crippen LogP contribution in [0.3, 0.4) is 0 Å². The van der Waals surface area contributed by atoms with Crippen molar-refractivity contribution in [2.75, 3.05) is 26.8 Å². The van der Waals surface area contributed by atoms with E-state index in [1.807, 2.05) is 7.11 Å². The van der Waals surface area contributed by atoms with Crippen LogP contribution in [0.15, 0.2) is 0 Å². The maximum absolute atomic E-state index is 5.29. The fourth-order valence-electron chi connectivity index (χ4n) is 4.05. The fraction of sp³-hybridized carbons (Fsp3) is 1.00. The lowest BCUT2D eigenvalue weighted by molar-refractivity contribution is 0.0284. The highest BCUT2D eigenvalue weighted by atomic mass is 16.5. The van der Waals surface area contributed by atoms with E-state index >= 15 is 0 Å². The van der Waals surface area contributed by atoms with Crippen LogP contribution in [0.4, 0.5) is 0 Å². The van der Waals surface area contributed by atoms with Gasteiger partial charge in [-0.3, -0.25) is 4.90 Å². The van der Waals surface area contributed by atoms with E-state index in [9.17, 15) is 0 Å². The summed E-state index contributed by atoms with van der Waals surface area (Å²) >= 11 is 0. The molecule has 1 heterocycles. The van der Waals surface area contributed by atoms with Crippen molar-refractivity contribution in [3.05, 3.63) is 0 Å². The Bertz CT molecular complexity index is 266. The predicted molar refractivity (Wildman–Crippen MR) is 85.1 cm³/mol. The lowest BCUT2D eigenvalue weighted by Crippen LogP contribution is -2.61. The third-order valence-electron chi connectivity index (χ3n) is 5.47. The molecule has 0 aromatic heterocycles. The highest BCUT2D eigenvalue weighted by Gasteiger charge is 2.35. The highest BCUT2D eigenvalue weighted by Crippen LogP contribution is 2.31. The Hall–Kier alpha value is -0.120. The van der Waals surface area contributed by atoms with Gasteiger partial charge in [-0.2, -0.15) is 0 Å². The van der Waals surface area contributed by atoms with Gasteiger partial charge in [-0.05, 0) is 38.5 Å². The third kappa shape index (κ3) is 4.19. The molecule has 0 amide bonds. The molecule has 0 aromatic rings. The average Bonchev–Trinajstić information content (AvgIpc) is 2.52. The molecule has 20 heavy (non-hydrogen) atoms. The first-order chi connectivity index (χ1) is 9.76. The molecule has 0 spiro atoms. The van der Waals surface area contributed by atoms with Crippen LogP contribution in [-0.4, -0.2) is 49.8 Å². The molecule has 3 nitrogen and oxygen atoms in total. The molecular weight excluding hydrogens is 248 g/mol. The van der Waals surface area contributed by atoms with Crippen molar-refractivity contribution in [1.29, 1.82) is 0 Å². The summed E-state index contributed by atoms with van der Waals surface area (Å²) in [7, 11) is 1.82. The van der Waals surface area contributed by atoms with E-state index in [2.05, 4.69) is 24.1 Å². The van der Waals surface area contributed by atoms with Crippen LogP contribution in [0.25, 0.3) is 0 Å². The summed E-state index contributed by atoms with van der Waals surface area (Å²) in [4.78, 5) is 2.81. The van der Waals surface area contributed by atoms with E-state index in [1.165, 1.54) is 51.6 Å². The number of rotatable bonds is 6. The number of hydrogen-bond donors (Lipinski definition) is 1. The molecule has 0 radical (unpaired) electrons. The molecule has 1 N–H and O–H groups in total. The molecule has 0 bridgehead atoms. The maximum Gasteiger partial charge on any atom is 0.0477 e.